The molecule has 1 amide bonds. The average Bonchev–Trinajstić information content (AvgIpc) is 2.29. The number of carbonyl (C=O) groups excluding carboxylic acids is 2. The fourth-order valence-corrected chi connectivity index (χ4v) is 2.02. The number of nitrogens with zero attached hydrogens (tertiary/aromatic N) is 1. The summed E-state index contributed by atoms with van der Waals surface area (Å²) in [5.41, 5.74) is 1.71. The SMILES string of the molecule is COC(=O)C1CCN1c1ccc(NC(C)=O)cc1. The van der Waals surface area contributed by atoms with Crippen LogP contribution in [0.15, 0.2) is 24.3 Å². The minimum Gasteiger partial charge on any atom is -0.467 e. The average molecular weight is 248 g/mol. The quantitative estimate of drug-likeness (QED) is 0.821. The zero-order valence-corrected chi connectivity index (χ0v) is 10.5. The number of anilines is 2. The molecule has 2 rings (SSSR count). The molecule has 0 aliphatic carbocycles. The number of rotatable bonds is 3. The van der Waals surface area contributed by atoms with Crippen molar-refractivity contribution in [2.45, 2.75) is 19.4 Å². The van der Waals surface area contributed by atoms with Gasteiger partial charge < -0.3 is 15.0 Å². The lowest BCUT2D eigenvalue weighted by molar-refractivity contribution is -0.143. The van der Waals surface area contributed by atoms with Crippen LogP contribution in [0.2, 0.25) is 0 Å². The molecule has 0 radical (unpaired) electrons. The van der Waals surface area contributed by atoms with E-state index in [0.29, 0.717) is 0 Å². The topological polar surface area (TPSA) is 58.6 Å². The number of amides is 1. The third-order valence-electron chi connectivity index (χ3n) is 3.01. The van der Waals surface area contributed by atoms with Gasteiger partial charge in [-0.25, -0.2) is 4.79 Å². The van der Waals surface area contributed by atoms with Crippen LogP contribution >= 0.6 is 0 Å². The second-order valence-corrected chi connectivity index (χ2v) is 4.25. The zero-order chi connectivity index (χ0) is 13.1. The van der Waals surface area contributed by atoms with Gasteiger partial charge in [0.15, 0.2) is 0 Å². The highest BCUT2D eigenvalue weighted by atomic mass is 16.5. The molecule has 1 fully saturated rings. The summed E-state index contributed by atoms with van der Waals surface area (Å²) in [5.74, 6) is -0.300. The predicted molar refractivity (Wildman–Crippen MR) is 68.5 cm³/mol. The van der Waals surface area contributed by atoms with Gasteiger partial charge in [-0.3, -0.25) is 4.79 Å². The van der Waals surface area contributed by atoms with Gasteiger partial charge in [0, 0.05) is 24.8 Å². The molecule has 1 heterocycles. The standard InChI is InChI=1S/C13H16N2O3/c1-9(16)14-10-3-5-11(6-4-10)15-8-7-12(15)13(17)18-2/h3-6,12H,7-8H2,1-2H3,(H,14,16). The zero-order valence-electron chi connectivity index (χ0n) is 10.5. The second kappa shape index (κ2) is 5.08. The van der Waals surface area contributed by atoms with Crippen LogP contribution < -0.4 is 10.2 Å². The molecule has 1 atom stereocenters. The molecule has 0 bridgehead atoms. The summed E-state index contributed by atoms with van der Waals surface area (Å²) in [6.45, 7) is 2.32. The number of hydrogen-bond donors (Lipinski definition) is 1. The van der Waals surface area contributed by atoms with Crippen LogP contribution in [0, 0.1) is 0 Å². The maximum Gasteiger partial charge on any atom is 0.328 e. The Morgan fingerprint density at radius 1 is 1.33 bits per heavy atom. The maximum atomic E-state index is 11.5. The second-order valence-electron chi connectivity index (χ2n) is 4.25. The van der Waals surface area contributed by atoms with E-state index >= 15 is 0 Å². The number of ether oxygens (including phenoxy) is 1. The van der Waals surface area contributed by atoms with Crippen molar-refractivity contribution in [3.05, 3.63) is 24.3 Å². The molecule has 5 nitrogen and oxygen atoms in total. The minimum absolute atomic E-state index is 0.0980. The van der Waals surface area contributed by atoms with Gasteiger partial charge in [0.1, 0.15) is 6.04 Å². The minimum atomic E-state index is -0.202. The Balaban J connectivity index is 2.06. The molecule has 1 aromatic rings. The number of carbonyl (C=O) groups is 2. The van der Waals surface area contributed by atoms with Gasteiger partial charge in [-0.2, -0.15) is 0 Å². The monoisotopic (exact) mass is 248 g/mol. The van der Waals surface area contributed by atoms with Crippen molar-refractivity contribution in [3.63, 3.8) is 0 Å². The number of benzene rings is 1. The summed E-state index contributed by atoms with van der Waals surface area (Å²) in [5, 5.41) is 2.70. The normalized spacial score (nSPS) is 17.9. The molecule has 1 aliphatic heterocycles. The van der Waals surface area contributed by atoms with Gasteiger partial charge in [0.05, 0.1) is 7.11 Å². The molecular formula is C13H16N2O3. The Kier molecular flexibility index (Phi) is 3.50. The first kappa shape index (κ1) is 12.4. The Morgan fingerprint density at radius 3 is 2.44 bits per heavy atom. The third-order valence-corrected chi connectivity index (χ3v) is 3.01. The van der Waals surface area contributed by atoms with E-state index in [1.54, 1.807) is 0 Å². The fraction of sp³-hybridized carbons (Fsp3) is 0.385. The van der Waals surface area contributed by atoms with Crippen molar-refractivity contribution in [3.8, 4) is 0 Å². The number of nitrogens with one attached hydrogen (secondary N) is 1. The Morgan fingerprint density at radius 2 is 2.00 bits per heavy atom. The summed E-state index contributed by atoms with van der Waals surface area (Å²) < 4.78 is 4.74. The summed E-state index contributed by atoms with van der Waals surface area (Å²) in [4.78, 5) is 24.4. The molecule has 1 N–H and O–H groups in total. The van der Waals surface area contributed by atoms with Crippen LogP contribution in [0.1, 0.15) is 13.3 Å². The first-order valence-corrected chi connectivity index (χ1v) is 5.84. The Bertz CT molecular complexity index is 456. The lowest BCUT2D eigenvalue weighted by Crippen LogP contribution is -2.53. The van der Waals surface area contributed by atoms with E-state index in [2.05, 4.69) is 5.32 Å². The highest BCUT2D eigenvalue weighted by Gasteiger charge is 2.34. The predicted octanol–water partition coefficient (Wildman–Crippen LogP) is 1.40. The smallest absolute Gasteiger partial charge is 0.328 e. The highest BCUT2D eigenvalue weighted by Crippen LogP contribution is 2.28. The van der Waals surface area contributed by atoms with Crippen molar-refractivity contribution in [1.29, 1.82) is 0 Å². The number of esters is 1. The summed E-state index contributed by atoms with van der Waals surface area (Å²) in [6, 6.07) is 7.25. The Labute approximate surface area is 106 Å². The molecular weight excluding hydrogens is 232 g/mol. The van der Waals surface area contributed by atoms with Crippen LogP contribution in [-0.2, 0) is 14.3 Å². The van der Waals surface area contributed by atoms with Gasteiger partial charge in [-0.1, -0.05) is 0 Å². The first-order valence-electron chi connectivity index (χ1n) is 5.84. The van der Waals surface area contributed by atoms with Gasteiger partial charge in [-0.05, 0) is 30.7 Å². The van der Waals surface area contributed by atoms with Crippen LogP contribution in [0.25, 0.3) is 0 Å². The van der Waals surface area contributed by atoms with Crippen LogP contribution in [-0.4, -0.2) is 31.6 Å². The van der Waals surface area contributed by atoms with Crippen molar-refractivity contribution >= 4 is 23.3 Å². The van der Waals surface area contributed by atoms with E-state index in [1.807, 2.05) is 29.2 Å². The molecule has 1 aromatic carbocycles. The van der Waals surface area contributed by atoms with Gasteiger partial charge in [0.2, 0.25) is 5.91 Å². The summed E-state index contributed by atoms with van der Waals surface area (Å²) >= 11 is 0. The van der Waals surface area contributed by atoms with Crippen LogP contribution in [0.5, 0.6) is 0 Å². The van der Waals surface area contributed by atoms with Crippen molar-refractivity contribution in [1.82, 2.24) is 0 Å². The van der Waals surface area contributed by atoms with E-state index in [0.717, 1.165) is 24.3 Å². The van der Waals surface area contributed by atoms with Crippen molar-refractivity contribution in [2.24, 2.45) is 0 Å². The molecule has 1 aliphatic rings. The van der Waals surface area contributed by atoms with Crippen molar-refractivity contribution in [2.75, 3.05) is 23.9 Å². The molecule has 0 aromatic heterocycles. The number of methoxy groups -OCH3 is 1. The van der Waals surface area contributed by atoms with Gasteiger partial charge >= 0.3 is 5.97 Å². The van der Waals surface area contributed by atoms with Crippen LogP contribution in [0.4, 0.5) is 11.4 Å². The van der Waals surface area contributed by atoms with E-state index in [-0.39, 0.29) is 17.9 Å². The van der Waals surface area contributed by atoms with E-state index in [9.17, 15) is 9.59 Å². The lowest BCUT2D eigenvalue weighted by atomic mass is 10.0. The highest BCUT2D eigenvalue weighted by molar-refractivity contribution is 5.89. The molecule has 18 heavy (non-hydrogen) atoms. The largest absolute Gasteiger partial charge is 0.467 e. The van der Waals surface area contributed by atoms with Gasteiger partial charge in [-0.15, -0.1) is 0 Å². The lowest BCUT2D eigenvalue weighted by Gasteiger charge is -2.40. The maximum absolute atomic E-state index is 11.5. The molecule has 1 unspecified atom stereocenters. The van der Waals surface area contributed by atoms with E-state index in [4.69, 9.17) is 4.74 Å². The van der Waals surface area contributed by atoms with Gasteiger partial charge in [0.25, 0.3) is 0 Å². The Hall–Kier alpha value is -2.04. The molecule has 0 saturated carbocycles. The number of hydrogen-bond acceptors (Lipinski definition) is 4. The molecule has 5 heteroatoms. The first-order chi connectivity index (χ1) is 8.61. The van der Waals surface area contributed by atoms with Crippen molar-refractivity contribution < 1.29 is 14.3 Å². The van der Waals surface area contributed by atoms with E-state index in [1.165, 1.54) is 14.0 Å². The molecule has 96 valence electrons. The summed E-state index contributed by atoms with van der Waals surface area (Å²) in [7, 11) is 1.40. The van der Waals surface area contributed by atoms with Crippen LogP contribution in [0.3, 0.4) is 0 Å². The summed E-state index contributed by atoms with van der Waals surface area (Å²) in [6.07, 6.45) is 0.820. The van der Waals surface area contributed by atoms with E-state index < -0.39 is 0 Å². The fourth-order valence-electron chi connectivity index (χ4n) is 2.02. The molecule has 1 saturated heterocycles. The molecule has 0 spiro atoms. The third kappa shape index (κ3) is 2.45.